The molecule has 2 amide bonds. The molecule has 1 saturated heterocycles. The van der Waals surface area contributed by atoms with Crippen molar-refractivity contribution < 1.29 is 28.2 Å². The molecule has 0 bridgehead atoms. The number of rotatable bonds is 12. The van der Waals surface area contributed by atoms with Gasteiger partial charge in [-0.3, -0.25) is 14.5 Å². The molecule has 0 N–H and O–H groups in total. The minimum atomic E-state index is -0.117. The number of hydrogen-bond acceptors (Lipinski definition) is 7. The first-order valence-electron chi connectivity index (χ1n) is 12.8. The van der Waals surface area contributed by atoms with Crippen molar-refractivity contribution in [2.24, 2.45) is 0 Å². The van der Waals surface area contributed by atoms with Crippen molar-refractivity contribution in [1.29, 1.82) is 0 Å². The Bertz CT molecular complexity index is 1020. The van der Waals surface area contributed by atoms with E-state index >= 15 is 0 Å². The first-order valence-corrected chi connectivity index (χ1v) is 12.8. The maximum atomic E-state index is 13.6. The molecule has 2 aliphatic rings. The van der Waals surface area contributed by atoms with E-state index in [1.165, 1.54) is 0 Å². The molecule has 1 aromatic carbocycles. The molecular formula is C27H37N3O6. The first-order chi connectivity index (χ1) is 17.5. The Kier molecular flexibility index (Phi) is 9.24. The molecule has 9 heteroatoms. The molecule has 0 atom stereocenters. The van der Waals surface area contributed by atoms with Gasteiger partial charge in [0, 0.05) is 39.1 Å². The van der Waals surface area contributed by atoms with E-state index in [1.54, 1.807) is 9.80 Å². The van der Waals surface area contributed by atoms with Gasteiger partial charge >= 0.3 is 0 Å². The fourth-order valence-corrected chi connectivity index (χ4v) is 4.38. The lowest BCUT2D eigenvalue weighted by Gasteiger charge is -2.31. The van der Waals surface area contributed by atoms with Gasteiger partial charge in [-0.1, -0.05) is 19.4 Å². The van der Waals surface area contributed by atoms with Crippen LogP contribution in [-0.4, -0.2) is 79.2 Å². The Morgan fingerprint density at radius 3 is 2.53 bits per heavy atom. The number of nitrogens with zero attached hydrogens (tertiary/aromatic N) is 3. The lowest BCUT2D eigenvalue weighted by Crippen LogP contribution is -2.47. The second-order valence-electron chi connectivity index (χ2n) is 9.32. The van der Waals surface area contributed by atoms with Crippen LogP contribution in [0.4, 0.5) is 0 Å². The van der Waals surface area contributed by atoms with Crippen molar-refractivity contribution >= 4 is 11.8 Å². The average Bonchev–Trinajstić information content (AvgIpc) is 3.53. The van der Waals surface area contributed by atoms with E-state index in [2.05, 4.69) is 11.8 Å². The molecule has 0 aliphatic carbocycles. The highest BCUT2D eigenvalue weighted by Crippen LogP contribution is 2.33. The van der Waals surface area contributed by atoms with Gasteiger partial charge in [-0.25, -0.2) is 0 Å². The molecule has 3 heterocycles. The second-order valence-corrected chi connectivity index (χ2v) is 9.32. The molecule has 9 nitrogen and oxygen atoms in total. The van der Waals surface area contributed by atoms with Crippen molar-refractivity contribution in [3.05, 3.63) is 47.4 Å². The highest BCUT2D eigenvalue weighted by Gasteiger charge is 2.24. The van der Waals surface area contributed by atoms with Gasteiger partial charge in [0.05, 0.1) is 26.3 Å². The van der Waals surface area contributed by atoms with E-state index in [-0.39, 0.29) is 25.2 Å². The van der Waals surface area contributed by atoms with E-state index < -0.39 is 0 Å². The van der Waals surface area contributed by atoms with Crippen molar-refractivity contribution in [2.75, 3.05) is 52.7 Å². The van der Waals surface area contributed by atoms with Crippen molar-refractivity contribution in [3.8, 4) is 11.5 Å². The number of amides is 2. The van der Waals surface area contributed by atoms with Crippen LogP contribution in [0.15, 0.2) is 34.7 Å². The summed E-state index contributed by atoms with van der Waals surface area (Å²) >= 11 is 0. The number of carbonyl (C=O) groups excluding carboxylic acids is 2. The fraction of sp³-hybridized carbons (Fsp3) is 0.556. The third-order valence-electron chi connectivity index (χ3n) is 6.52. The Balaban J connectivity index is 1.47. The van der Waals surface area contributed by atoms with Crippen LogP contribution >= 0.6 is 0 Å². The topological polar surface area (TPSA) is 84.7 Å². The number of aryl methyl sites for hydroxylation is 1. The lowest BCUT2D eigenvalue weighted by atomic mass is 10.1. The van der Waals surface area contributed by atoms with Gasteiger partial charge in [-0.15, -0.1) is 0 Å². The zero-order valence-corrected chi connectivity index (χ0v) is 21.4. The van der Waals surface area contributed by atoms with E-state index in [9.17, 15) is 9.59 Å². The normalized spacial score (nSPS) is 15.2. The average molecular weight is 500 g/mol. The van der Waals surface area contributed by atoms with Gasteiger partial charge in [-0.2, -0.15) is 0 Å². The molecule has 196 valence electrons. The number of hydrogen-bond donors (Lipinski definition) is 0. The summed E-state index contributed by atoms with van der Waals surface area (Å²) in [6, 6.07) is 9.47. The molecule has 2 aromatic rings. The Hall–Kier alpha value is -3.04. The molecule has 0 unspecified atom stereocenters. The highest BCUT2D eigenvalue weighted by molar-refractivity contribution is 5.84. The number of fused-ring (bicyclic) bond motifs is 1. The summed E-state index contributed by atoms with van der Waals surface area (Å²) < 4.78 is 22.1. The van der Waals surface area contributed by atoms with E-state index in [0.717, 1.165) is 43.8 Å². The minimum absolute atomic E-state index is 0.0235. The van der Waals surface area contributed by atoms with Gasteiger partial charge in [-0.05, 0) is 43.2 Å². The molecule has 1 fully saturated rings. The maximum Gasteiger partial charge on any atom is 0.242 e. The number of morpholine rings is 1. The highest BCUT2D eigenvalue weighted by atomic mass is 16.7. The van der Waals surface area contributed by atoms with Crippen molar-refractivity contribution in [2.45, 2.75) is 46.2 Å². The Morgan fingerprint density at radius 1 is 0.972 bits per heavy atom. The summed E-state index contributed by atoms with van der Waals surface area (Å²) in [6.07, 6.45) is 2.20. The molecule has 2 aliphatic heterocycles. The standard InChI is InChI=1S/C27H37N3O6/c1-3-4-5-26(31)29(11-10-28-12-14-33-15-13-28)19-27(32)30(18-23-8-6-21(2)36-23)17-22-7-9-24-25(16-22)35-20-34-24/h6-9,16H,3-5,10-15,17-20H2,1-2H3. The molecule has 36 heavy (non-hydrogen) atoms. The molecular weight excluding hydrogens is 462 g/mol. The third-order valence-corrected chi connectivity index (χ3v) is 6.52. The first kappa shape index (κ1) is 26.0. The monoisotopic (exact) mass is 499 g/mol. The van der Waals surface area contributed by atoms with Crippen LogP contribution in [0.5, 0.6) is 11.5 Å². The zero-order chi connectivity index (χ0) is 25.3. The maximum absolute atomic E-state index is 13.6. The smallest absolute Gasteiger partial charge is 0.242 e. The fourth-order valence-electron chi connectivity index (χ4n) is 4.38. The van der Waals surface area contributed by atoms with Crippen LogP contribution < -0.4 is 9.47 Å². The summed E-state index contributed by atoms with van der Waals surface area (Å²) in [5, 5.41) is 0. The van der Waals surface area contributed by atoms with Gasteiger partial charge in [0.2, 0.25) is 18.6 Å². The van der Waals surface area contributed by atoms with E-state index in [4.69, 9.17) is 18.6 Å². The van der Waals surface area contributed by atoms with Gasteiger partial charge in [0.25, 0.3) is 0 Å². The van der Waals surface area contributed by atoms with Crippen LogP contribution in [0.3, 0.4) is 0 Å². The zero-order valence-electron chi connectivity index (χ0n) is 21.4. The van der Waals surface area contributed by atoms with E-state index in [0.29, 0.717) is 56.5 Å². The van der Waals surface area contributed by atoms with Crippen LogP contribution in [0.2, 0.25) is 0 Å². The predicted octanol–water partition coefficient (Wildman–Crippen LogP) is 3.20. The number of unbranched alkanes of at least 4 members (excludes halogenated alkanes) is 1. The predicted molar refractivity (Wildman–Crippen MR) is 134 cm³/mol. The number of furan rings is 1. The van der Waals surface area contributed by atoms with Gasteiger partial charge in [0.1, 0.15) is 11.5 Å². The van der Waals surface area contributed by atoms with Crippen molar-refractivity contribution in [3.63, 3.8) is 0 Å². The SMILES string of the molecule is CCCCC(=O)N(CCN1CCOCC1)CC(=O)N(Cc1ccc2c(c1)OCO2)Cc1ccc(C)o1. The summed E-state index contributed by atoms with van der Waals surface area (Å²) in [5.41, 5.74) is 0.924. The molecule has 1 aromatic heterocycles. The summed E-state index contributed by atoms with van der Waals surface area (Å²) in [6.45, 7) is 9.23. The Morgan fingerprint density at radius 2 is 1.78 bits per heavy atom. The lowest BCUT2D eigenvalue weighted by molar-refractivity contribution is -0.141. The quantitative estimate of drug-likeness (QED) is 0.443. The van der Waals surface area contributed by atoms with Gasteiger partial charge in [0.15, 0.2) is 11.5 Å². The van der Waals surface area contributed by atoms with E-state index in [1.807, 2.05) is 37.3 Å². The van der Waals surface area contributed by atoms with Crippen LogP contribution in [0, 0.1) is 6.92 Å². The Labute approximate surface area is 212 Å². The minimum Gasteiger partial charge on any atom is -0.464 e. The van der Waals surface area contributed by atoms with Gasteiger partial charge < -0.3 is 28.4 Å². The molecule has 0 radical (unpaired) electrons. The molecule has 0 saturated carbocycles. The second kappa shape index (κ2) is 12.8. The number of carbonyl (C=O) groups is 2. The summed E-state index contributed by atoms with van der Waals surface area (Å²) in [4.78, 5) is 32.4. The largest absolute Gasteiger partial charge is 0.464 e. The number of benzene rings is 1. The van der Waals surface area contributed by atoms with Crippen LogP contribution in [0.25, 0.3) is 0 Å². The number of ether oxygens (including phenoxy) is 3. The van der Waals surface area contributed by atoms with Crippen molar-refractivity contribution in [1.82, 2.24) is 14.7 Å². The van der Waals surface area contributed by atoms with Crippen LogP contribution in [0.1, 0.15) is 43.3 Å². The molecule has 4 rings (SSSR count). The third kappa shape index (κ3) is 7.24. The molecule has 0 spiro atoms. The summed E-state index contributed by atoms with van der Waals surface area (Å²) in [7, 11) is 0. The van der Waals surface area contributed by atoms with Crippen LogP contribution in [-0.2, 0) is 27.4 Å². The summed E-state index contributed by atoms with van der Waals surface area (Å²) in [5.74, 6) is 2.79.